The lowest BCUT2D eigenvalue weighted by Crippen LogP contribution is -2.18. The molecule has 0 bridgehead atoms. The van der Waals surface area contributed by atoms with E-state index in [1.54, 1.807) is 0 Å². The van der Waals surface area contributed by atoms with E-state index in [-0.39, 0.29) is 0 Å². The highest BCUT2D eigenvalue weighted by molar-refractivity contribution is 5.23. The number of allylic oxidation sites excluding steroid dienone is 1. The van der Waals surface area contributed by atoms with Crippen LogP contribution in [0.15, 0.2) is 24.3 Å². The van der Waals surface area contributed by atoms with Crippen LogP contribution in [0.5, 0.6) is 0 Å². The maximum absolute atomic E-state index is 5.62. The monoisotopic (exact) mass is 206 g/mol. The van der Waals surface area contributed by atoms with Crippen LogP contribution in [0.25, 0.3) is 0 Å². The first-order chi connectivity index (χ1) is 7.09. The molecule has 0 radical (unpaired) electrons. The van der Waals surface area contributed by atoms with E-state index < -0.39 is 0 Å². The summed E-state index contributed by atoms with van der Waals surface area (Å²) in [4.78, 5) is 0. The highest BCUT2D eigenvalue weighted by atomic mass is 16.5. The van der Waals surface area contributed by atoms with Gasteiger partial charge in [-0.25, -0.2) is 0 Å². The van der Waals surface area contributed by atoms with Gasteiger partial charge in [-0.2, -0.15) is 0 Å². The smallest absolute Gasteiger partial charge is 0.0645 e. The second kappa shape index (κ2) is 3.79. The van der Waals surface area contributed by atoms with Crippen molar-refractivity contribution in [1.82, 2.24) is 0 Å². The molecule has 2 aliphatic carbocycles. The van der Waals surface area contributed by atoms with Crippen molar-refractivity contribution in [3.8, 4) is 0 Å². The van der Waals surface area contributed by atoms with Crippen LogP contribution in [0.3, 0.4) is 0 Å². The maximum atomic E-state index is 5.62. The molecule has 0 saturated heterocycles. The Balaban J connectivity index is 1.98. The van der Waals surface area contributed by atoms with Crippen LogP contribution in [0.2, 0.25) is 0 Å². The molecule has 3 unspecified atom stereocenters. The predicted octanol–water partition coefficient (Wildman–Crippen LogP) is 3.43. The first-order valence-electron chi connectivity index (χ1n) is 5.94. The molecule has 2 rings (SSSR count). The fourth-order valence-corrected chi connectivity index (χ4v) is 3.30. The Kier molecular flexibility index (Phi) is 2.76. The number of fused-ring (bicyclic) bond motifs is 1. The van der Waals surface area contributed by atoms with Crippen molar-refractivity contribution < 1.29 is 4.74 Å². The fourth-order valence-electron chi connectivity index (χ4n) is 3.30. The summed E-state index contributed by atoms with van der Waals surface area (Å²) in [5, 5.41) is 0. The third-order valence-electron chi connectivity index (χ3n) is 4.38. The summed E-state index contributed by atoms with van der Waals surface area (Å²) >= 11 is 0. The van der Waals surface area contributed by atoms with E-state index in [1.165, 1.54) is 12.0 Å². The Hall–Kier alpha value is -0.560. The molecule has 0 aliphatic heterocycles. The van der Waals surface area contributed by atoms with E-state index in [4.69, 9.17) is 4.74 Å². The van der Waals surface area contributed by atoms with Gasteiger partial charge in [0.25, 0.3) is 0 Å². The molecular formula is C14H22O. The van der Waals surface area contributed by atoms with Crippen molar-refractivity contribution in [2.75, 3.05) is 13.2 Å². The molecule has 0 spiro atoms. The second-order valence-electron chi connectivity index (χ2n) is 5.57. The lowest BCUT2D eigenvalue weighted by Gasteiger charge is -2.21. The minimum absolute atomic E-state index is 0.538. The summed E-state index contributed by atoms with van der Waals surface area (Å²) in [5.41, 5.74) is 2.07. The fraction of sp³-hybridized carbons (Fsp3) is 0.714. The third-order valence-corrected chi connectivity index (χ3v) is 4.38. The molecule has 3 atom stereocenters. The molecule has 1 nitrogen and oxygen atoms in total. The van der Waals surface area contributed by atoms with Gasteiger partial charge in [0.05, 0.1) is 13.2 Å². The van der Waals surface area contributed by atoms with Crippen molar-refractivity contribution in [2.45, 2.75) is 27.2 Å². The van der Waals surface area contributed by atoms with E-state index >= 15 is 0 Å². The molecule has 0 aromatic rings. The van der Waals surface area contributed by atoms with Crippen LogP contribution >= 0.6 is 0 Å². The highest BCUT2D eigenvalue weighted by Crippen LogP contribution is 2.66. The van der Waals surface area contributed by atoms with Gasteiger partial charge in [-0.15, -0.1) is 6.58 Å². The van der Waals surface area contributed by atoms with Crippen molar-refractivity contribution in [3.05, 3.63) is 24.3 Å². The van der Waals surface area contributed by atoms with Crippen molar-refractivity contribution >= 4 is 0 Å². The summed E-state index contributed by atoms with van der Waals surface area (Å²) in [7, 11) is 0. The number of rotatable bonds is 4. The van der Waals surface area contributed by atoms with Gasteiger partial charge in [0.2, 0.25) is 0 Å². The zero-order valence-corrected chi connectivity index (χ0v) is 10.1. The molecule has 0 heterocycles. The van der Waals surface area contributed by atoms with E-state index in [0.717, 1.165) is 18.4 Å². The standard InChI is InChI=1S/C14H22O/c1-5-8-15-9-11-10(2)6-7-12-13(11)14(12,3)4/h5-6,11-13H,1,7-9H2,2-4H3. The molecule has 84 valence electrons. The first kappa shape index (κ1) is 10.9. The molecule has 1 heteroatoms. The lowest BCUT2D eigenvalue weighted by molar-refractivity contribution is 0.119. The second-order valence-corrected chi connectivity index (χ2v) is 5.57. The normalized spacial score (nSPS) is 36.7. The molecule has 2 aliphatic rings. The summed E-state index contributed by atoms with van der Waals surface area (Å²) in [6.07, 6.45) is 5.52. The van der Waals surface area contributed by atoms with Gasteiger partial charge in [-0.05, 0) is 30.6 Å². The van der Waals surface area contributed by atoms with E-state index in [0.29, 0.717) is 17.9 Å². The minimum atomic E-state index is 0.538. The number of hydrogen-bond donors (Lipinski definition) is 0. The Bertz CT molecular complexity index is 288. The summed E-state index contributed by atoms with van der Waals surface area (Å²) < 4.78 is 5.62. The molecule has 0 amide bonds. The average Bonchev–Trinajstić information content (AvgIpc) is 2.73. The van der Waals surface area contributed by atoms with E-state index in [9.17, 15) is 0 Å². The van der Waals surface area contributed by atoms with Gasteiger partial charge in [0, 0.05) is 5.92 Å². The molecular weight excluding hydrogens is 184 g/mol. The predicted molar refractivity (Wildman–Crippen MR) is 63.6 cm³/mol. The van der Waals surface area contributed by atoms with Gasteiger partial charge >= 0.3 is 0 Å². The molecule has 1 saturated carbocycles. The lowest BCUT2D eigenvalue weighted by atomic mass is 9.88. The first-order valence-corrected chi connectivity index (χ1v) is 5.94. The summed E-state index contributed by atoms with van der Waals surface area (Å²) in [5.74, 6) is 2.41. The molecule has 15 heavy (non-hydrogen) atoms. The third kappa shape index (κ3) is 1.78. The summed E-state index contributed by atoms with van der Waals surface area (Å²) in [6, 6.07) is 0. The zero-order chi connectivity index (χ0) is 11.1. The average molecular weight is 206 g/mol. The largest absolute Gasteiger partial charge is 0.377 e. The van der Waals surface area contributed by atoms with Crippen molar-refractivity contribution in [1.29, 1.82) is 0 Å². The maximum Gasteiger partial charge on any atom is 0.0645 e. The quantitative estimate of drug-likeness (QED) is 0.506. The van der Waals surface area contributed by atoms with E-state index in [1.807, 2.05) is 6.08 Å². The van der Waals surface area contributed by atoms with Crippen LogP contribution in [-0.2, 0) is 4.74 Å². The van der Waals surface area contributed by atoms with Gasteiger partial charge in [-0.1, -0.05) is 31.6 Å². The van der Waals surface area contributed by atoms with Crippen LogP contribution in [0.1, 0.15) is 27.2 Å². The van der Waals surface area contributed by atoms with Crippen molar-refractivity contribution in [3.63, 3.8) is 0 Å². The molecule has 0 N–H and O–H groups in total. The van der Waals surface area contributed by atoms with E-state index in [2.05, 4.69) is 33.4 Å². The van der Waals surface area contributed by atoms with Gasteiger partial charge in [-0.3, -0.25) is 0 Å². The summed E-state index contributed by atoms with van der Waals surface area (Å²) in [6.45, 7) is 12.3. The SMILES string of the molecule is C=CCOCC1C(C)=CCC2C1C2(C)C. The topological polar surface area (TPSA) is 9.23 Å². The Morgan fingerprint density at radius 3 is 3.00 bits per heavy atom. The van der Waals surface area contributed by atoms with Gasteiger partial charge < -0.3 is 4.74 Å². The zero-order valence-electron chi connectivity index (χ0n) is 10.1. The van der Waals surface area contributed by atoms with Crippen LogP contribution in [-0.4, -0.2) is 13.2 Å². The Labute approximate surface area is 93.2 Å². The number of hydrogen-bond acceptors (Lipinski definition) is 1. The van der Waals surface area contributed by atoms with Crippen LogP contribution in [0.4, 0.5) is 0 Å². The van der Waals surface area contributed by atoms with Crippen molar-refractivity contribution in [2.24, 2.45) is 23.2 Å². The molecule has 1 fully saturated rings. The number of ether oxygens (including phenoxy) is 1. The highest BCUT2D eigenvalue weighted by Gasteiger charge is 2.61. The Morgan fingerprint density at radius 2 is 2.33 bits per heavy atom. The van der Waals surface area contributed by atoms with Crippen LogP contribution < -0.4 is 0 Å². The molecule has 0 aromatic carbocycles. The molecule has 0 aromatic heterocycles. The van der Waals surface area contributed by atoms with Gasteiger partial charge in [0.1, 0.15) is 0 Å². The Morgan fingerprint density at radius 1 is 1.60 bits per heavy atom. The van der Waals surface area contributed by atoms with Crippen LogP contribution in [0, 0.1) is 23.2 Å². The van der Waals surface area contributed by atoms with Gasteiger partial charge in [0.15, 0.2) is 0 Å². The minimum Gasteiger partial charge on any atom is -0.377 e.